The zero-order chi connectivity index (χ0) is 23.0. The fourth-order valence-corrected chi connectivity index (χ4v) is 4.67. The number of anilines is 3. The minimum atomic E-state index is -1.40. The lowest BCUT2D eigenvalue weighted by atomic mass is 9.96. The molecular weight excluding hydrogens is 436 g/mol. The third-order valence-electron chi connectivity index (χ3n) is 5.27. The number of aromatic nitrogens is 2. The molecule has 0 aliphatic carbocycles. The fourth-order valence-electron chi connectivity index (χ4n) is 3.56. The Morgan fingerprint density at radius 2 is 1.88 bits per heavy atom. The molecule has 1 aliphatic rings. The number of primary amides is 1. The highest BCUT2D eigenvalue weighted by Gasteiger charge is 2.24. The molecule has 1 amide bonds. The number of carbonyl (C=O) groups excluding carboxylic acids is 1. The highest BCUT2D eigenvalue weighted by Crippen LogP contribution is 2.40. The van der Waals surface area contributed by atoms with Gasteiger partial charge in [0.25, 0.3) is 5.91 Å². The first-order valence-electron chi connectivity index (χ1n) is 10.1. The maximum atomic E-state index is 14.8. The van der Waals surface area contributed by atoms with Gasteiger partial charge in [0.2, 0.25) is 5.95 Å². The maximum absolute atomic E-state index is 14.8. The average molecular weight is 460 g/mol. The van der Waals surface area contributed by atoms with E-state index in [4.69, 9.17) is 5.73 Å². The van der Waals surface area contributed by atoms with Crippen molar-refractivity contribution in [2.45, 2.75) is 32.3 Å². The van der Waals surface area contributed by atoms with Gasteiger partial charge in [0.1, 0.15) is 22.5 Å². The van der Waals surface area contributed by atoms with Crippen LogP contribution in [0.4, 0.5) is 25.5 Å². The van der Waals surface area contributed by atoms with Gasteiger partial charge in [0.15, 0.2) is 0 Å². The normalized spacial score (nSPS) is 14.1. The molecule has 0 unspecified atom stereocenters. The molecule has 0 saturated carbocycles. The Morgan fingerprint density at radius 3 is 2.47 bits per heavy atom. The Bertz CT molecular complexity index is 1150. The third kappa shape index (κ3) is 4.42. The summed E-state index contributed by atoms with van der Waals surface area (Å²) < 4.78 is 29.6. The first kappa shape index (κ1) is 22.1. The number of nitrogens with two attached hydrogens (primary N) is 1. The summed E-state index contributed by atoms with van der Waals surface area (Å²) in [6.45, 7) is 4.63. The van der Waals surface area contributed by atoms with Gasteiger partial charge in [0.05, 0.1) is 16.7 Å². The first-order valence-corrected chi connectivity index (χ1v) is 11.0. The van der Waals surface area contributed by atoms with E-state index in [9.17, 15) is 18.7 Å². The van der Waals surface area contributed by atoms with Crippen molar-refractivity contribution in [2.24, 2.45) is 5.73 Å². The number of thiophene rings is 1. The quantitative estimate of drug-likeness (QED) is 0.512. The summed E-state index contributed by atoms with van der Waals surface area (Å²) in [6, 6.07) is 5.16. The predicted molar refractivity (Wildman–Crippen MR) is 120 cm³/mol. The van der Waals surface area contributed by atoms with Crippen molar-refractivity contribution in [2.75, 3.05) is 23.3 Å². The standard InChI is InChI=1S/C22H23F2N5O2S/c1-22(2,31)12-9-14(23)18(15(24)10-12)16-11-13(19(25)30)20(32-16)27-17-5-6-26-21(28-17)29-7-3-4-8-29/h5-6,9-11,31H,3-4,7-8H2,1-2H3,(H2,25,30)(H,26,27,28). The number of nitrogens with one attached hydrogen (secondary N) is 1. The van der Waals surface area contributed by atoms with Crippen molar-refractivity contribution in [1.82, 2.24) is 9.97 Å². The number of hydrogen-bond acceptors (Lipinski definition) is 7. The summed E-state index contributed by atoms with van der Waals surface area (Å²) in [5.74, 6) is -1.41. The largest absolute Gasteiger partial charge is 0.386 e. The van der Waals surface area contributed by atoms with Crippen LogP contribution in [0.3, 0.4) is 0 Å². The van der Waals surface area contributed by atoms with Crippen molar-refractivity contribution in [3.8, 4) is 10.4 Å². The lowest BCUT2D eigenvalue weighted by Crippen LogP contribution is -2.20. The van der Waals surface area contributed by atoms with Crippen LogP contribution >= 0.6 is 11.3 Å². The van der Waals surface area contributed by atoms with Gasteiger partial charge < -0.3 is 21.1 Å². The zero-order valence-corrected chi connectivity index (χ0v) is 18.5. The van der Waals surface area contributed by atoms with Gasteiger partial charge in [-0.2, -0.15) is 4.98 Å². The Labute approximate surface area is 187 Å². The van der Waals surface area contributed by atoms with Gasteiger partial charge in [-0.15, -0.1) is 11.3 Å². The molecule has 0 radical (unpaired) electrons. The van der Waals surface area contributed by atoms with Gasteiger partial charge in [-0.3, -0.25) is 4.79 Å². The summed E-state index contributed by atoms with van der Waals surface area (Å²) in [7, 11) is 0. The van der Waals surface area contributed by atoms with Crippen molar-refractivity contribution in [3.63, 3.8) is 0 Å². The van der Waals surface area contributed by atoms with Crippen LogP contribution in [0.5, 0.6) is 0 Å². The molecule has 32 heavy (non-hydrogen) atoms. The first-order chi connectivity index (χ1) is 15.1. The Hall–Kier alpha value is -3.11. The van der Waals surface area contributed by atoms with E-state index in [1.165, 1.54) is 19.9 Å². The molecular formula is C22H23F2N5O2S. The average Bonchev–Trinajstić information content (AvgIpc) is 3.37. The SMILES string of the molecule is CC(C)(O)c1cc(F)c(-c2cc(C(N)=O)c(Nc3ccnc(N4CCCC4)n3)s2)c(F)c1. The fraction of sp³-hybridized carbons (Fsp3) is 0.318. The van der Waals surface area contributed by atoms with Crippen LogP contribution in [0.25, 0.3) is 10.4 Å². The van der Waals surface area contributed by atoms with E-state index in [1.54, 1.807) is 12.3 Å². The van der Waals surface area contributed by atoms with E-state index >= 15 is 0 Å². The van der Waals surface area contributed by atoms with Crippen molar-refractivity contribution in [3.05, 3.63) is 53.2 Å². The predicted octanol–water partition coefficient (Wildman–Crippen LogP) is 4.15. The molecule has 3 heterocycles. The molecule has 4 rings (SSSR count). The molecule has 7 nitrogen and oxygen atoms in total. The van der Waals surface area contributed by atoms with E-state index in [-0.39, 0.29) is 21.6 Å². The van der Waals surface area contributed by atoms with Crippen molar-refractivity contribution < 1.29 is 18.7 Å². The molecule has 0 bridgehead atoms. The summed E-state index contributed by atoms with van der Waals surface area (Å²) in [5, 5.41) is 13.4. The Kier molecular flexibility index (Phi) is 5.83. The second kappa shape index (κ2) is 8.44. The molecule has 4 N–H and O–H groups in total. The lowest BCUT2D eigenvalue weighted by Gasteiger charge is -2.18. The van der Waals surface area contributed by atoms with Crippen molar-refractivity contribution >= 4 is 34.0 Å². The van der Waals surface area contributed by atoms with Crippen LogP contribution in [0.15, 0.2) is 30.5 Å². The highest BCUT2D eigenvalue weighted by atomic mass is 32.1. The van der Waals surface area contributed by atoms with E-state index < -0.39 is 23.1 Å². The topological polar surface area (TPSA) is 104 Å². The van der Waals surface area contributed by atoms with Crippen LogP contribution in [-0.4, -0.2) is 34.1 Å². The molecule has 0 atom stereocenters. The van der Waals surface area contributed by atoms with Gasteiger partial charge in [-0.25, -0.2) is 13.8 Å². The molecule has 0 spiro atoms. The molecule has 168 valence electrons. The second-order valence-electron chi connectivity index (χ2n) is 8.15. The molecule has 10 heteroatoms. The number of aliphatic hydroxyl groups is 1. The van der Waals surface area contributed by atoms with Gasteiger partial charge in [-0.05, 0) is 56.5 Å². The van der Waals surface area contributed by atoms with Crippen molar-refractivity contribution in [1.29, 1.82) is 0 Å². The minimum absolute atomic E-state index is 0.0942. The van der Waals surface area contributed by atoms with E-state index in [2.05, 4.69) is 20.2 Å². The molecule has 1 saturated heterocycles. The van der Waals surface area contributed by atoms with Gasteiger partial charge >= 0.3 is 0 Å². The highest BCUT2D eigenvalue weighted by molar-refractivity contribution is 7.20. The third-order valence-corrected chi connectivity index (χ3v) is 6.33. The van der Waals surface area contributed by atoms with Crippen LogP contribution < -0.4 is 16.0 Å². The molecule has 2 aromatic heterocycles. The molecule has 3 aromatic rings. The van der Waals surface area contributed by atoms with E-state index in [0.717, 1.165) is 49.4 Å². The number of benzene rings is 1. The van der Waals surface area contributed by atoms with Crippen LogP contribution in [0.1, 0.15) is 42.6 Å². The Morgan fingerprint density at radius 1 is 1.22 bits per heavy atom. The van der Waals surface area contributed by atoms with E-state index in [0.29, 0.717) is 16.8 Å². The number of hydrogen-bond donors (Lipinski definition) is 3. The van der Waals surface area contributed by atoms with Crippen LogP contribution in [0.2, 0.25) is 0 Å². The molecule has 1 aliphatic heterocycles. The summed E-state index contributed by atoms with van der Waals surface area (Å²) >= 11 is 0.987. The summed E-state index contributed by atoms with van der Waals surface area (Å²) in [4.78, 5) is 23.0. The zero-order valence-electron chi connectivity index (χ0n) is 17.7. The summed E-state index contributed by atoms with van der Waals surface area (Å²) in [5.41, 5.74) is 4.02. The lowest BCUT2D eigenvalue weighted by molar-refractivity contribution is 0.0778. The number of rotatable bonds is 6. The smallest absolute Gasteiger partial charge is 0.251 e. The van der Waals surface area contributed by atoms with Crippen LogP contribution in [0, 0.1) is 11.6 Å². The molecule has 1 fully saturated rings. The number of amides is 1. The number of halogens is 2. The summed E-state index contributed by atoms with van der Waals surface area (Å²) in [6.07, 6.45) is 3.76. The monoisotopic (exact) mass is 459 g/mol. The van der Waals surface area contributed by atoms with Gasteiger partial charge in [0, 0.05) is 24.2 Å². The molecule has 1 aromatic carbocycles. The van der Waals surface area contributed by atoms with Crippen LogP contribution in [-0.2, 0) is 5.60 Å². The van der Waals surface area contributed by atoms with Gasteiger partial charge in [-0.1, -0.05) is 0 Å². The number of nitrogens with zero attached hydrogens (tertiary/aromatic N) is 3. The minimum Gasteiger partial charge on any atom is -0.386 e. The Balaban J connectivity index is 1.70. The second-order valence-corrected chi connectivity index (χ2v) is 9.20. The van der Waals surface area contributed by atoms with E-state index in [1.807, 2.05) is 0 Å². The maximum Gasteiger partial charge on any atom is 0.251 e. The number of carbonyl (C=O) groups is 1.